The summed E-state index contributed by atoms with van der Waals surface area (Å²) in [5.74, 6) is -0.796. The average Bonchev–Trinajstić information content (AvgIpc) is 2.91. The van der Waals surface area contributed by atoms with Crippen molar-refractivity contribution in [1.29, 1.82) is 0 Å². The lowest BCUT2D eigenvalue weighted by atomic mass is 9.84. The summed E-state index contributed by atoms with van der Waals surface area (Å²) >= 11 is 1.60. The molecule has 1 aliphatic rings. The van der Waals surface area contributed by atoms with Crippen LogP contribution in [0.25, 0.3) is 0 Å². The SMILES string of the molecule is NC(=O)c1cc2c([nH]c1=O)CC(c1cccs1)CC2=O. The normalized spacial score (nSPS) is 17.8. The lowest BCUT2D eigenvalue weighted by Crippen LogP contribution is -2.29. The largest absolute Gasteiger partial charge is 0.365 e. The number of ketones is 1. The van der Waals surface area contributed by atoms with Crippen molar-refractivity contribution in [2.45, 2.75) is 18.8 Å². The minimum Gasteiger partial charge on any atom is -0.365 e. The van der Waals surface area contributed by atoms with E-state index < -0.39 is 11.5 Å². The Balaban J connectivity index is 2.05. The number of amides is 1. The van der Waals surface area contributed by atoms with Crippen molar-refractivity contribution in [3.8, 4) is 0 Å². The fraction of sp³-hybridized carbons (Fsp3) is 0.214. The van der Waals surface area contributed by atoms with Crippen LogP contribution in [0.4, 0.5) is 0 Å². The van der Waals surface area contributed by atoms with Crippen molar-refractivity contribution in [1.82, 2.24) is 4.98 Å². The van der Waals surface area contributed by atoms with Crippen LogP contribution in [0, 0.1) is 0 Å². The summed E-state index contributed by atoms with van der Waals surface area (Å²) in [7, 11) is 0. The van der Waals surface area contributed by atoms with Crippen molar-refractivity contribution in [2.24, 2.45) is 5.73 Å². The van der Waals surface area contributed by atoms with Gasteiger partial charge >= 0.3 is 0 Å². The first-order valence-electron chi connectivity index (χ1n) is 6.19. The predicted octanol–water partition coefficient (Wildman–Crippen LogP) is 1.45. The maximum absolute atomic E-state index is 12.2. The molecule has 0 radical (unpaired) electrons. The molecule has 0 aromatic carbocycles. The standard InChI is InChI=1S/C14H12N2O3S/c15-13(18)9-6-8-10(16-14(9)19)4-7(5-11(8)17)12-2-1-3-20-12/h1-3,6-7H,4-5H2,(H2,15,18)(H,16,19). The maximum atomic E-state index is 12.2. The van der Waals surface area contributed by atoms with E-state index >= 15 is 0 Å². The van der Waals surface area contributed by atoms with E-state index in [0.29, 0.717) is 24.1 Å². The molecule has 0 fully saturated rings. The summed E-state index contributed by atoms with van der Waals surface area (Å²) in [5.41, 5.74) is 5.44. The van der Waals surface area contributed by atoms with Crippen LogP contribution in [0.5, 0.6) is 0 Å². The van der Waals surface area contributed by atoms with Crippen LogP contribution in [0.2, 0.25) is 0 Å². The quantitative estimate of drug-likeness (QED) is 0.875. The summed E-state index contributed by atoms with van der Waals surface area (Å²) in [5, 5.41) is 1.97. The number of aromatic nitrogens is 1. The molecule has 1 amide bonds. The highest BCUT2D eigenvalue weighted by Gasteiger charge is 2.28. The lowest BCUT2D eigenvalue weighted by Gasteiger charge is -2.22. The van der Waals surface area contributed by atoms with Gasteiger partial charge in [0, 0.05) is 28.5 Å². The molecule has 0 saturated carbocycles. The van der Waals surface area contributed by atoms with E-state index in [-0.39, 0.29) is 17.3 Å². The van der Waals surface area contributed by atoms with Crippen molar-refractivity contribution >= 4 is 23.0 Å². The minimum atomic E-state index is -0.817. The number of hydrogen-bond acceptors (Lipinski definition) is 4. The Morgan fingerprint density at radius 1 is 1.35 bits per heavy atom. The van der Waals surface area contributed by atoms with Crippen LogP contribution in [-0.4, -0.2) is 16.7 Å². The second-order valence-electron chi connectivity index (χ2n) is 4.81. The van der Waals surface area contributed by atoms with Crippen LogP contribution in [0.1, 0.15) is 43.6 Å². The number of hydrogen-bond donors (Lipinski definition) is 2. The second-order valence-corrected chi connectivity index (χ2v) is 5.79. The van der Waals surface area contributed by atoms with Crippen molar-refractivity contribution in [2.75, 3.05) is 0 Å². The molecule has 2 aromatic rings. The van der Waals surface area contributed by atoms with Gasteiger partial charge in [-0.3, -0.25) is 14.4 Å². The second kappa shape index (κ2) is 4.72. The zero-order valence-electron chi connectivity index (χ0n) is 10.5. The molecule has 3 rings (SSSR count). The number of aromatic amines is 1. The lowest BCUT2D eigenvalue weighted by molar-refractivity contribution is 0.0963. The number of nitrogens with two attached hydrogens (primary N) is 1. The van der Waals surface area contributed by atoms with Crippen molar-refractivity contribution in [3.05, 3.63) is 55.6 Å². The number of nitrogens with one attached hydrogen (secondary N) is 1. The van der Waals surface area contributed by atoms with E-state index in [0.717, 1.165) is 4.88 Å². The fourth-order valence-corrected chi connectivity index (χ4v) is 3.37. The molecular weight excluding hydrogens is 276 g/mol. The molecule has 0 aliphatic heterocycles. The van der Waals surface area contributed by atoms with Gasteiger partial charge in [0.05, 0.1) is 0 Å². The number of H-pyrrole nitrogens is 1. The van der Waals surface area contributed by atoms with Crippen LogP contribution in [-0.2, 0) is 6.42 Å². The number of Topliss-reactive ketones (excluding diaryl/α,β-unsaturated/α-hetero) is 1. The summed E-state index contributed by atoms with van der Waals surface area (Å²) in [6.45, 7) is 0. The highest BCUT2D eigenvalue weighted by molar-refractivity contribution is 7.10. The Morgan fingerprint density at radius 3 is 2.80 bits per heavy atom. The van der Waals surface area contributed by atoms with Gasteiger partial charge in [0.15, 0.2) is 5.78 Å². The fourth-order valence-electron chi connectivity index (χ4n) is 2.54. The Morgan fingerprint density at radius 2 is 2.15 bits per heavy atom. The van der Waals surface area contributed by atoms with Crippen molar-refractivity contribution < 1.29 is 9.59 Å². The first-order chi connectivity index (χ1) is 9.56. The molecule has 5 nitrogen and oxygen atoms in total. The van der Waals surface area contributed by atoms with E-state index in [9.17, 15) is 14.4 Å². The summed E-state index contributed by atoms with van der Waals surface area (Å²) < 4.78 is 0. The Kier molecular flexibility index (Phi) is 3.02. The minimum absolute atomic E-state index is 0.0663. The molecule has 2 aromatic heterocycles. The molecule has 3 N–H and O–H groups in total. The van der Waals surface area contributed by atoms with Gasteiger partial charge in [-0.1, -0.05) is 6.07 Å². The Bertz CT molecular complexity index is 746. The maximum Gasteiger partial charge on any atom is 0.261 e. The zero-order chi connectivity index (χ0) is 14.3. The highest BCUT2D eigenvalue weighted by atomic mass is 32.1. The Hall–Kier alpha value is -2.21. The molecule has 1 unspecified atom stereocenters. The number of carbonyl (C=O) groups is 2. The van der Waals surface area contributed by atoms with Gasteiger partial charge < -0.3 is 10.7 Å². The van der Waals surface area contributed by atoms with Gasteiger partial charge in [0.1, 0.15) is 5.56 Å². The third kappa shape index (κ3) is 2.08. The third-order valence-electron chi connectivity index (χ3n) is 3.52. The molecule has 102 valence electrons. The number of thiophene rings is 1. The van der Waals surface area contributed by atoms with Gasteiger partial charge in [-0.25, -0.2) is 0 Å². The molecular formula is C14H12N2O3S. The topological polar surface area (TPSA) is 93.0 Å². The van der Waals surface area contributed by atoms with E-state index in [2.05, 4.69) is 4.98 Å². The van der Waals surface area contributed by atoms with Gasteiger partial charge in [-0.05, 0) is 23.9 Å². The Labute approximate surface area is 118 Å². The van der Waals surface area contributed by atoms with Crippen molar-refractivity contribution in [3.63, 3.8) is 0 Å². The summed E-state index contributed by atoms with van der Waals surface area (Å²) in [4.78, 5) is 38.9. The molecule has 1 aliphatic carbocycles. The van der Waals surface area contributed by atoms with E-state index in [1.165, 1.54) is 6.07 Å². The zero-order valence-corrected chi connectivity index (χ0v) is 11.3. The van der Waals surface area contributed by atoms with Gasteiger partial charge in [-0.15, -0.1) is 11.3 Å². The van der Waals surface area contributed by atoms with Crippen LogP contribution in [0.15, 0.2) is 28.4 Å². The van der Waals surface area contributed by atoms with E-state index in [4.69, 9.17) is 5.73 Å². The number of fused-ring (bicyclic) bond motifs is 1. The van der Waals surface area contributed by atoms with Crippen LogP contribution < -0.4 is 11.3 Å². The highest BCUT2D eigenvalue weighted by Crippen LogP contribution is 2.33. The van der Waals surface area contributed by atoms with E-state index in [1.54, 1.807) is 11.3 Å². The molecule has 2 heterocycles. The summed E-state index contributed by atoms with van der Waals surface area (Å²) in [6, 6.07) is 5.26. The first kappa shape index (κ1) is 12.8. The number of rotatable bonds is 2. The predicted molar refractivity (Wildman–Crippen MR) is 75.3 cm³/mol. The van der Waals surface area contributed by atoms with Gasteiger partial charge in [0.2, 0.25) is 0 Å². The molecule has 1 atom stereocenters. The van der Waals surface area contributed by atoms with Gasteiger partial charge in [0.25, 0.3) is 11.5 Å². The molecule has 0 saturated heterocycles. The molecule has 6 heteroatoms. The monoisotopic (exact) mass is 288 g/mol. The van der Waals surface area contributed by atoms with Crippen LogP contribution >= 0.6 is 11.3 Å². The van der Waals surface area contributed by atoms with Crippen LogP contribution in [0.3, 0.4) is 0 Å². The van der Waals surface area contributed by atoms with Gasteiger partial charge in [-0.2, -0.15) is 0 Å². The third-order valence-corrected chi connectivity index (χ3v) is 4.55. The number of primary amides is 1. The number of pyridine rings is 1. The summed E-state index contributed by atoms with van der Waals surface area (Å²) in [6.07, 6.45) is 0.980. The smallest absolute Gasteiger partial charge is 0.261 e. The molecule has 0 bridgehead atoms. The number of carbonyl (C=O) groups excluding carboxylic acids is 2. The molecule has 20 heavy (non-hydrogen) atoms. The van der Waals surface area contributed by atoms with E-state index in [1.807, 2.05) is 17.5 Å². The average molecular weight is 288 g/mol. The molecule has 0 spiro atoms. The first-order valence-corrected chi connectivity index (χ1v) is 7.07.